The molecule has 24 heavy (non-hydrogen) atoms. The van der Waals surface area contributed by atoms with Crippen LogP contribution in [0.4, 0.5) is 5.82 Å². The minimum absolute atomic E-state index is 0.215. The van der Waals surface area contributed by atoms with Crippen molar-refractivity contribution in [2.24, 2.45) is 0 Å². The zero-order valence-electron chi connectivity index (χ0n) is 13.0. The van der Waals surface area contributed by atoms with Crippen LogP contribution < -0.4 is 5.32 Å². The normalized spacial score (nSPS) is 12.9. The molecule has 1 N–H and O–H groups in total. The van der Waals surface area contributed by atoms with Gasteiger partial charge in [0.1, 0.15) is 5.82 Å². The summed E-state index contributed by atoms with van der Waals surface area (Å²) in [5.74, 6) is 0.533. The van der Waals surface area contributed by atoms with Gasteiger partial charge in [0.05, 0.1) is 22.0 Å². The molecular weight excluding hydrogens is 322 g/mol. The molecule has 0 atom stereocenters. The zero-order chi connectivity index (χ0) is 16.5. The first-order valence-electron chi connectivity index (χ1n) is 7.96. The zero-order valence-corrected chi connectivity index (χ0v) is 13.8. The summed E-state index contributed by atoms with van der Waals surface area (Å²) in [6.07, 6.45) is 2.95. The average Bonchev–Trinajstić information content (AvgIpc) is 3.19. The number of carbonyl (C=O) groups is 1. The predicted molar refractivity (Wildman–Crippen MR) is 95.0 cm³/mol. The van der Waals surface area contributed by atoms with Crippen LogP contribution in [-0.4, -0.2) is 15.7 Å². The second kappa shape index (κ2) is 6.13. The third-order valence-corrected chi connectivity index (χ3v) is 4.59. The van der Waals surface area contributed by atoms with Gasteiger partial charge >= 0.3 is 0 Å². The minimum atomic E-state index is -0.215. The van der Waals surface area contributed by atoms with E-state index in [1.54, 1.807) is 18.2 Å². The molecule has 0 fully saturated rings. The molecule has 1 aliphatic rings. The summed E-state index contributed by atoms with van der Waals surface area (Å²) in [7, 11) is 0. The van der Waals surface area contributed by atoms with Crippen LogP contribution in [0.25, 0.3) is 5.69 Å². The van der Waals surface area contributed by atoms with Crippen molar-refractivity contribution in [3.8, 4) is 5.69 Å². The van der Waals surface area contributed by atoms with E-state index in [9.17, 15) is 4.79 Å². The SMILES string of the molecule is O=C(Nc1c2c(nn1-c1ccccc1)CCC2)c1ccccc1Cl. The largest absolute Gasteiger partial charge is 0.306 e. The number of aromatic nitrogens is 2. The molecule has 5 heteroatoms. The van der Waals surface area contributed by atoms with Crippen LogP contribution in [0.3, 0.4) is 0 Å². The number of para-hydroxylation sites is 1. The lowest BCUT2D eigenvalue weighted by molar-refractivity contribution is 0.102. The lowest BCUT2D eigenvalue weighted by Crippen LogP contribution is -2.16. The molecule has 3 aromatic rings. The second-order valence-corrected chi connectivity index (χ2v) is 6.22. The first kappa shape index (κ1) is 15.0. The fraction of sp³-hybridized carbons (Fsp3) is 0.158. The summed E-state index contributed by atoms with van der Waals surface area (Å²) in [6, 6.07) is 16.9. The summed E-state index contributed by atoms with van der Waals surface area (Å²) in [6.45, 7) is 0. The van der Waals surface area contributed by atoms with Crippen molar-refractivity contribution in [2.45, 2.75) is 19.3 Å². The number of carbonyl (C=O) groups excluding carboxylic acids is 1. The fourth-order valence-electron chi connectivity index (χ4n) is 3.10. The van der Waals surface area contributed by atoms with Crippen molar-refractivity contribution in [3.05, 3.63) is 76.4 Å². The van der Waals surface area contributed by atoms with E-state index in [0.29, 0.717) is 10.6 Å². The number of amides is 1. The van der Waals surface area contributed by atoms with Crippen LogP contribution in [0.1, 0.15) is 28.0 Å². The van der Waals surface area contributed by atoms with E-state index >= 15 is 0 Å². The van der Waals surface area contributed by atoms with Gasteiger partial charge in [-0.05, 0) is 43.5 Å². The standard InChI is InChI=1S/C19H16ClN3O/c20-16-11-5-4-9-14(16)19(24)21-18-15-10-6-12-17(15)22-23(18)13-7-2-1-3-8-13/h1-5,7-9,11H,6,10,12H2,(H,21,24). The van der Waals surface area contributed by atoms with Crippen molar-refractivity contribution in [3.63, 3.8) is 0 Å². The maximum Gasteiger partial charge on any atom is 0.258 e. The minimum Gasteiger partial charge on any atom is -0.306 e. The molecule has 4 rings (SSSR count). The van der Waals surface area contributed by atoms with Gasteiger partial charge in [-0.1, -0.05) is 41.9 Å². The average molecular weight is 338 g/mol. The van der Waals surface area contributed by atoms with Gasteiger partial charge in [-0.25, -0.2) is 4.68 Å². The number of rotatable bonds is 3. The Bertz CT molecular complexity index is 902. The molecule has 1 aliphatic carbocycles. The number of benzene rings is 2. The lowest BCUT2D eigenvalue weighted by atomic mass is 10.2. The molecule has 0 unspecified atom stereocenters. The number of nitrogens with zero attached hydrogens (tertiary/aromatic N) is 2. The van der Waals surface area contributed by atoms with Gasteiger partial charge < -0.3 is 5.32 Å². The molecule has 0 bridgehead atoms. The van der Waals surface area contributed by atoms with Crippen LogP contribution in [0.5, 0.6) is 0 Å². The van der Waals surface area contributed by atoms with E-state index in [-0.39, 0.29) is 5.91 Å². The van der Waals surface area contributed by atoms with Gasteiger partial charge in [-0.2, -0.15) is 5.10 Å². The molecule has 2 aromatic carbocycles. The van der Waals surface area contributed by atoms with E-state index in [4.69, 9.17) is 16.7 Å². The number of hydrogen-bond acceptors (Lipinski definition) is 2. The van der Waals surface area contributed by atoms with Crippen LogP contribution in [-0.2, 0) is 12.8 Å². The van der Waals surface area contributed by atoms with Gasteiger partial charge in [0.15, 0.2) is 0 Å². The molecule has 4 nitrogen and oxygen atoms in total. The van der Waals surface area contributed by atoms with Gasteiger partial charge in [0.2, 0.25) is 0 Å². The molecule has 0 radical (unpaired) electrons. The summed E-state index contributed by atoms with van der Waals surface area (Å²) >= 11 is 6.15. The van der Waals surface area contributed by atoms with Gasteiger partial charge in [-0.15, -0.1) is 0 Å². The Morgan fingerprint density at radius 1 is 1.04 bits per heavy atom. The third kappa shape index (κ3) is 2.59. The fourth-order valence-corrected chi connectivity index (χ4v) is 3.32. The highest BCUT2D eigenvalue weighted by Gasteiger charge is 2.24. The Balaban J connectivity index is 1.75. The van der Waals surface area contributed by atoms with Gasteiger partial charge in [-0.3, -0.25) is 4.79 Å². The number of aryl methyl sites for hydroxylation is 1. The van der Waals surface area contributed by atoms with Crippen LogP contribution >= 0.6 is 11.6 Å². The maximum atomic E-state index is 12.7. The van der Waals surface area contributed by atoms with Crippen molar-refractivity contribution in [1.29, 1.82) is 0 Å². The van der Waals surface area contributed by atoms with Gasteiger partial charge in [0, 0.05) is 5.56 Å². The summed E-state index contributed by atoms with van der Waals surface area (Å²) in [5.41, 5.74) is 3.58. The molecule has 1 amide bonds. The van der Waals surface area contributed by atoms with Gasteiger partial charge in [0.25, 0.3) is 5.91 Å². The van der Waals surface area contributed by atoms with Crippen molar-refractivity contribution >= 4 is 23.3 Å². The highest BCUT2D eigenvalue weighted by molar-refractivity contribution is 6.34. The Morgan fingerprint density at radius 3 is 2.58 bits per heavy atom. The van der Waals surface area contributed by atoms with E-state index in [2.05, 4.69) is 5.32 Å². The van der Waals surface area contributed by atoms with Crippen LogP contribution in [0.2, 0.25) is 5.02 Å². The highest BCUT2D eigenvalue weighted by atomic mass is 35.5. The van der Waals surface area contributed by atoms with E-state index < -0.39 is 0 Å². The summed E-state index contributed by atoms with van der Waals surface area (Å²) < 4.78 is 1.82. The molecule has 1 heterocycles. The number of nitrogens with one attached hydrogen (secondary N) is 1. The molecule has 0 spiro atoms. The number of hydrogen-bond donors (Lipinski definition) is 1. The number of halogens is 1. The van der Waals surface area contributed by atoms with Crippen LogP contribution in [0.15, 0.2) is 54.6 Å². The monoisotopic (exact) mass is 337 g/mol. The molecule has 0 saturated carbocycles. The Labute approximate surface area is 145 Å². The topological polar surface area (TPSA) is 46.9 Å². The van der Waals surface area contributed by atoms with E-state index in [1.165, 1.54) is 0 Å². The first-order chi connectivity index (χ1) is 11.7. The summed E-state index contributed by atoms with van der Waals surface area (Å²) in [5, 5.41) is 8.16. The Kier molecular flexibility index (Phi) is 3.82. The molecular formula is C19H16ClN3O. The van der Waals surface area contributed by atoms with Crippen molar-refractivity contribution in [2.75, 3.05) is 5.32 Å². The smallest absolute Gasteiger partial charge is 0.258 e. The third-order valence-electron chi connectivity index (χ3n) is 4.26. The van der Waals surface area contributed by atoms with E-state index in [0.717, 1.165) is 42.0 Å². The molecule has 0 saturated heterocycles. The molecule has 0 aliphatic heterocycles. The van der Waals surface area contributed by atoms with E-state index in [1.807, 2.05) is 41.1 Å². The highest BCUT2D eigenvalue weighted by Crippen LogP contribution is 2.31. The Morgan fingerprint density at radius 2 is 1.79 bits per heavy atom. The quantitative estimate of drug-likeness (QED) is 0.776. The number of anilines is 1. The van der Waals surface area contributed by atoms with Crippen LogP contribution in [0, 0.1) is 0 Å². The van der Waals surface area contributed by atoms with Crippen molar-refractivity contribution < 1.29 is 4.79 Å². The predicted octanol–water partition coefficient (Wildman–Crippen LogP) is 4.27. The molecule has 1 aromatic heterocycles. The summed E-state index contributed by atoms with van der Waals surface area (Å²) in [4.78, 5) is 12.7. The van der Waals surface area contributed by atoms with Crippen molar-refractivity contribution in [1.82, 2.24) is 9.78 Å². The number of fused-ring (bicyclic) bond motifs is 1. The molecule has 120 valence electrons. The Hall–Kier alpha value is -2.59. The maximum absolute atomic E-state index is 12.7. The lowest BCUT2D eigenvalue weighted by Gasteiger charge is -2.11. The first-order valence-corrected chi connectivity index (χ1v) is 8.34. The second-order valence-electron chi connectivity index (χ2n) is 5.81.